The smallest absolute Gasteiger partial charge is 0.249 e. The van der Waals surface area contributed by atoms with Gasteiger partial charge in [-0.25, -0.2) is 0 Å². The summed E-state index contributed by atoms with van der Waals surface area (Å²) >= 11 is 0. The number of nitrogens with zero attached hydrogens (tertiary/aromatic N) is 2. The van der Waals surface area contributed by atoms with Crippen LogP contribution in [0.2, 0.25) is 0 Å². The van der Waals surface area contributed by atoms with Crippen LogP contribution in [0.4, 0.5) is 5.69 Å². The van der Waals surface area contributed by atoms with Crippen LogP contribution in [-0.4, -0.2) is 38.6 Å². The Morgan fingerprint density at radius 3 is 1.65 bits per heavy atom. The Hall–Kier alpha value is -1.16. The molecule has 0 aliphatic rings. The van der Waals surface area contributed by atoms with Gasteiger partial charge in [0, 0.05) is 19.2 Å². The van der Waals surface area contributed by atoms with Crippen LogP contribution in [0.3, 0.4) is 0 Å². The Kier molecular flexibility index (Phi) is 20.0. The molecule has 0 amide bonds. The standard InChI is InChI=1S/C13H22N2O2.3C2H6/c1-5-7-14(3)8-6-9-15(4)11-10(2)12(16)13(11)17;3*1-2/h5-9H2,1-4H3;3*1-2H3. The summed E-state index contributed by atoms with van der Waals surface area (Å²) in [6, 6.07) is 0. The average Bonchev–Trinajstić information content (AvgIpc) is 2.60. The normalized spacial score (nSPS) is 9.17. The van der Waals surface area contributed by atoms with Crippen molar-refractivity contribution in [3.05, 3.63) is 26.0 Å². The lowest BCUT2D eigenvalue weighted by molar-refractivity contribution is 0.331. The Bertz CT molecular complexity index is 435. The molecule has 0 heterocycles. The molecule has 1 aromatic rings. The fourth-order valence-corrected chi connectivity index (χ4v) is 2.14. The van der Waals surface area contributed by atoms with E-state index in [0.29, 0.717) is 11.3 Å². The van der Waals surface area contributed by atoms with Crippen LogP contribution >= 0.6 is 0 Å². The third-order valence-corrected chi connectivity index (χ3v) is 3.14. The highest BCUT2D eigenvalue weighted by Crippen LogP contribution is 2.11. The van der Waals surface area contributed by atoms with E-state index in [4.69, 9.17) is 0 Å². The van der Waals surface area contributed by atoms with Gasteiger partial charge in [0.05, 0.1) is 5.69 Å². The minimum Gasteiger partial charge on any atom is -0.371 e. The molecule has 0 atom stereocenters. The van der Waals surface area contributed by atoms with Crippen LogP contribution in [0.25, 0.3) is 0 Å². The molecule has 138 valence electrons. The molecule has 0 radical (unpaired) electrons. The summed E-state index contributed by atoms with van der Waals surface area (Å²) in [6.07, 6.45) is 2.16. The molecule has 1 rings (SSSR count). The van der Waals surface area contributed by atoms with Crippen LogP contribution < -0.4 is 15.8 Å². The van der Waals surface area contributed by atoms with Gasteiger partial charge in [-0.05, 0) is 39.9 Å². The second-order valence-electron chi connectivity index (χ2n) is 4.71. The fourth-order valence-electron chi connectivity index (χ4n) is 2.14. The fraction of sp³-hybridized carbons (Fsp3) is 0.789. The Labute approximate surface area is 144 Å². The number of hydrogen-bond acceptors (Lipinski definition) is 4. The van der Waals surface area contributed by atoms with Crippen molar-refractivity contribution in [1.82, 2.24) is 4.90 Å². The van der Waals surface area contributed by atoms with E-state index in [2.05, 4.69) is 18.9 Å². The molecule has 4 heteroatoms. The second-order valence-corrected chi connectivity index (χ2v) is 4.71. The summed E-state index contributed by atoms with van der Waals surface area (Å²) in [4.78, 5) is 26.6. The van der Waals surface area contributed by atoms with Crippen molar-refractivity contribution in [3.63, 3.8) is 0 Å². The predicted molar refractivity (Wildman–Crippen MR) is 106 cm³/mol. The Morgan fingerprint density at radius 2 is 1.26 bits per heavy atom. The summed E-state index contributed by atoms with van der Waals surface area (Å²) in [5.74, 6) is 0. The van der Waals surface area contributed by atoms with Crippen LogP contribution in [0.1, 0.15) is 66.9 Å². The highest BCUT2D eigenvalue weighted by Gasteiger charge is 2.19. The molecular weight excluding hydrogens is 288 g/mol. The number of hydrogen-bond donors (Lipinski definition) is 0. The van der Waals surface area contributed by atoms with Crippen molar-refractivity contribution >= 4 is 5.69 Å². The summed E-state index contributed by atoms with van der Waals surface area (Å²) < 4.78 is 0. The van der Waals surface area contributed by atoms with Crippen LogP contribution in [0.15, 0.2) is 9.59 Å². The van der Waals surface area contributed by atoms with Crippen molar-refractivity contribution in [2.75, 3.05) is 38.6 Å². The van der Waals surface area contributed by atoms with Crippen LogP contribution in [0, 0.1) is 6.92 Å². The van der Waals surface area contributed by atoms with E-state index in [1.165, 1.54) is 0 Å². The molecule has 0 aliphatic carbocycles. The molecule has 0 N–H and O–H groups in total. The van der Waals surface area contributed by atoms with E-state index in [9.17, 15) is 9.59 Å². The minimum atomic E-state index is -0.327. The van der Waals surface area contributed by atoms with Crippen molar-refractivity contribution < 1.29 is 0 Å². The molecule has 0 fully saturated rings. The number of rotatable bonds is 7. The van der Waals surface area contributed by atoms with E-state index in [0.717, 1.165) is 32.5 Å². The maximum atomic E-state index is 11.4. The molecule has 4 nitrogen and oxygen atoms in total. The lowest BCUT2D eigenvalue weighted by Crippen LogP contribution is -2.41. The lowest BCUT2D eigenvalue weighted by atomic mass is 10.1. The topological polar surface area (TPSA) is 40.6 Å². The maximum Gasteiger partial charge on any atom is 0.249 e. The molecule has 0 aliphatic heterocycles. The minimum absolute atomic E-state index is 0.324. The monoisotopic (exact) mass is 328 g/mol. The lowest BCUT2D eigenvalue weighted by Gasteiger charge is -2.23. The molecule has 0 bridgehead atoms. The van der Waals surface area contributed by atoms with Gasteiger partial charge in [0.2, 0.25) is 10.9 Å². The zero-order chi connectivity index (χ0) is 19.0. The first kappa shape index (κ1) is 26.7. The number of anilines is 1. The van der Waals surface area contributed by atoms with Gasteiger partial charge in [0.1, 0.15) is 0 Å². The second kappa shape index (κ2) is 17.2. The first-order chi connectivity index (χ1) is 11.0. The van der Waals surface area contributed by atoms with E-state index in [1.54, 1.807) is 6.92 Å². The van der Waals surface area contributed by atoms with Crippen LogP contribution in [0.5, 0.6) is 0 Å². The van der Waals surface area contributed by atoms with Crippen molar-refractivity contribution in [1.29, 1.82) is 0 Å². The van der Waals surface area contributed by atoms with Gasteiger partial charge in [-0.3, -0.25) is 9.59 Å². The SMILES string of the molecule is CC.CC.CC.CCCN(C)CCCN(C)c1c(C)c(=O)c1=O. The van der Waals surface area contributed by atoms with Gasteiger partial charge in [-0.2, -0.15) is 0 Å². The maximum absolute atomic E-state index is 11.4. The van der Waals surface area contributed by atoms with E-state index in [1.807, 2.05) is 53.5 Å². The van der Waals surface area contributed by atoms with Gasteiger partial charge < -0.3 is 9.80 Å². The van der Waals surface area contributed by atoms with E-state index in [-0.39, 0.29) is 10.9 Å². The molecule has 1 aromatic carbocycles. The molecule has 0 saturated carbocycles. The summed E-state index contributed by atoms with van der Waals surface area (Å²) in [7, 11) is 3.98. The van der Waals surface area contributed by atoms with Gasteiger partial charge in [0.15, 0.2) is 0 Å². The largest absolute Gasteiger partial charge is 0.371 e. The van der Waals surface area contributed by atoms with Crippen molar-refractivity contribution in [2.24, 2.45) is 0 Å². The van der Waals surface area contributed by atoms with Crippen LogP contribution in [-0.2, 0) is 0 Å². The predicted octanol–water partition coefficient (Wildman–Crippen LogP) is 3.84. The zero-order valence-corrected chi connectivity index (χ0v) is 17.2. The molecule has 0 spiro atoms. The summed E-state index contributed by atoms with van der Waals surface area (Å²) in [5, 5.41) is 0. The quantitative estimate of drug-likeness (QED) is 0.713. The molecule has 0 saturated heterocycles. The van der Waals surface area contributed by atoms with Crippen molar-refractivity contribution in [2.45, 2.75) is 68.2 Å². The van der Waals surface area contributed by atoms with Gasteiger partial charge in [-0.15, -0.1) is 0 Å². The van der Waals surface area contributed by atoms with Gasteiger partial charge in [0.25, 0.3) is 0 Å². The third kappa shape index (κ3) is 9.54. The first-order valence-corrected chi connectivity index (χ1v) is 9.18. The Morgan fingerprint density at radius 1 is 0.783 bits per heavy atom. The van der Waals surface area contributed by atoms with E-state index < -0.39 is 0 Å². The zero-order valence-electron chi connectivity index (χ0n) is 17.2. The Balaban J connectivity index is -0.000000595. The molecule has 0 aromatic heterocycles. The summed E-state index contributed by atoms with van der Waals surface area (Å²) in [6.45, 7) is 18.8. The molecule has 0 unspecified atom stereocenters. The average molecular weight is 329 g/mol. The molecular formula is C19H40N2O2. The highest BCUT2D eigenvalue weighted by molar-refractivity contribution is 5.57. The molecule has 23 heavy (non-hydrogen) atoms. The van der Waals surface area contributed by atoms with Gasteiger partial charge in [-0.1, -0.05) is 48.5 Å². The van der Waals surface area contributed by atoms with E-state index >= 15 is 0 Å². The van der Waals surface area contributed by atoms with Gasteiger partial charge >= 0.3 is 0 Å². The summed E-state index contributed by atoms with van der Waals surface area (Å²) in [5.41, 5.74) is 0.564. The van der Waals surface area contributed by atoms with Crippen molar-refractivity contribution in [3.8, 4) is 0 Å². The first-order valence-electron chi connectivity index (χ1n) is 9.18. The third-order valence-electron chi connectivity index (χ3n) is 3.14. The highest BCUT2D eigenvalue weighted by atomic mass is 16.2.